The maximum atomic E-state index is 12.7. The number of nitrogens with zero attached hydrogens (tertiary/aromatic N) is 1. The van der Waals surface area contributed by atoms with Gasteiger partial charge >= 0.3 is 0 Å². The SMILES string of the molecule is NC(=O)[C@@H]1Cc2ccccc2CN1C(=O)C1CCCOC1. The molecule has 0 aromatic heterocycles. The number of amides is 2. The molecule has 2 heterocycles. The molecular weight excluding hydrogens is 268 g/mol. The quantitative estimate of drug-likeness (QED) is 0.877. The van der Waals surface area contributed by atoms with Crippen LogP contribution in [0.15, 0.2) is 24.3 Å². The van der Waals surface area contributed by atoms with Gasteiger partial charge in [0, 0.05) is 19.6 Å². The van der Waals surface area contributed by atoms with Crippen molar-refractivity contribution in [2.45, 2.75) is 31.8 Å². The molecule has 2 N–H and O–H groups in total. The Hall–Kier alpha value is -1.88. The van der Waals surface area contributed by atoms with Gasteiger partial charge in [0.25, 0.3) is 0 Å². The van der Waals surface area contributed by atoms with Crippen molar-refractivity contribution in [2.24, 2.45) is 11.7 Å². The van der Waals surface area contributed by atoms with E-state index in [1.807, 2.05) is 24.3 Å². The number of carbonyl (C=O) groups excluding carboxylic acids is 2. The fourth-order valence-corrected chi connectivity index (χ4v) is 3.18. The average molecular weight is 288 g/mol. The first-order valence-corrected chi connectivity index (χ1v) is 7.41. The molecule has 2 atom stereocenters. The van der Waals surface area contributed by atoms with E-state index >= 15 is 0 Å². The molecule has 0 radical (unpaired) electrons. The lowest BCUT2D eigenvalue weighted by atomic mass is 9.91. The van der Waals surface area contributed by atoms with E-state index in [1.54, 1.807) is 4.90 Å². The monoisotopic (exact) mass is 288 g/mol. The Kier molecular flexibility index (Phi) is 3.92. The summed E-state index contributed by atoms with van der Waals surface area (Å²) in [5, 5.41) is 0. The summed E-state index contributed by atoms with van der Waals surface area (Å²) < 4.78 is 5.40. The normalized spacial score (nSPS) is 25.2. The van der Waals surface area contributed by atoms with E-state index in [0.29, 0.717) is 26.2 Å². The highest BCUT2D eigenvalue weighted by atomic mass is 16.5. The Morgan fingerprint density at radius 2 is 2.00 bits per heavy atom. The van der Waals surface area contributed by atoms with Crippen LogP contribution in [-0.2, 0) is 27.3 Å². The molecule has 21 heavy (non-hydrogen) atoms. The van der Waals surface area contributed by atoms with Gasteiger partial charge in [-0.15, -0.1) is 0 Å². The van der Waals surface area contributed by atoms with Crippen LogP contribution in [0.3, 0.4) is 0 Å². The fraction of sp³-hybridized carbons (Fsp3) is 0.500. The van der Waals surface area contributed by atoms with Crippen LogP contribution in [0.5, 0.6) is 0 Å². The predicted molar refractivity (Wildman–Crippen MR) is 77.2 cm³/mol. The van der Waals surface area contributed by atoms with Crippen LogP contribution in [0, 0.1) is 5.92 Å². The van der Waals surface area contributed by atoms with E-state index in [0.717, 1.165) is 24.0 Å². The maximum absolute atomic E-state index is 12.7. The zero-order valence-corrected chi connectivity index (χ0v) is 12.0. The van der Waals surface area contributed by atoms with E-state index in [4.69, 9.17) is 10.5 Å². The molecule has 0 spiro atoms. The van der Waals surface area contributed by atoms with Gasteiger partial charge in [0.1, 0.15) is 6.04 Å². The molecule has 2 amide bonds. The minimum Gasteiger partial charge on any atom is -0.381 e. The van der Waals surface area contributed by atoms with Gasteiger partial charge in [-0.1, -0.05) is 24.3 Å². The van der Waals surface area contributed by atoms with Crippen molar-refractivity contribution in [3.8, 4) is 0 Å². The maximum Gasteiger partial charge on any atom is 0.240 e. The molecule has 1 aromatic carbocycles. The number of nitrogens with two attached hydrogens (primary N) is 1. The van der Waals surface area contributed by atoms with Gasteiger partial charge in [-0.3, -0.25) is 9.59 Å². The van der Waals surface area contributed by atoms with Gasteiger partial charge in [-0.05, 0) is 24.0 Å². The lowest BCUT2D eigenvalue weighted by Crippen LogP contribution is -2.53. The van der Waals surface area contributed by atoms with Crippen LogP contribution >= 0.6 is 0 Å². The molecule has 2 aliphatic heterocycles. The number of ether oxygens (including phenoxy) is 1. The third kappa shape index (κ3) is 2.78. The molecule has 112 valence electrons. The Labute approximate surface area is 124 Å². The largest absolute Gasteiger partial charge is 0.381 e. The standard InChI is InChI=1S/C16H20N2O3/c17-15(19)14-8-11-4-1-2-5-12(11)9-18(14)16(20)13-6-3-7-21-10-13/h1-2,4-5,13-14H,3,6-10H2,(H2,17,19)/t13?,14-/m0/s1. The zero-order valence-electron chi connectivity index (χ0n) is 12.0. The van der Waals surface area contributed by atoms with Gasteiger partial charge in [0.2, 0.25) is 11.8 Å². The molecule has 5 heteroatoms. The molecule has 5 nitrogen and oxygen atoms in total. The molecule has 1 saturated heterocycles. The van der Waals surface area contributed by atoms with Crippen molar-refractivity contribution in [1.29, 1.82) is 0 Å². The van der Waals surface area contributed by atoms with Crippen molar-refractivity contribution >= 4 is 11.8 Å². The number of rotatable bonds is 2. The molecule has 0 aliphatic carbocycles. The van der Waals surface area contributed by atoms with Gasteiger partial charge in [0.05, 0.1) is 12.5 Å². The Morgan fingerprint density at radius 1 is 1.24 bits per heavy atom. The molecule has 0 bridgehead atoms. The number of hydrogen-bond donors (Lipinski definition) is 1. The smallest absolute Gasteiger partial charge is 0.240 e. The summed E-state index contributed by atoms with van der Waals surface area (Å²) in [6.07, 6.45) is 2.22. The lowest BCUT2D eigenvalue weighted by molar-refractivity contribution is -0.147. The molecule has 0 saturated carbocycles. The Morgan fingerprint density at radius 3 is 2.67 bits per heavy atom. The van der Waals surface area contributed by atoms with E-state index < -0.39 is 11.9 Å². The minimum atomic E-state index is -0.547. The first kappa shape index (κ1) is 14.1. The highest BCUT2D eigenvalue weighted by Crippen LogP contribution is 2.26. The number of primary amides is 1. The lowest BCUT2D eigenvalue weighted by Gasteiger charge is -2.37. The second-order valence-corrected chi connectivity index (χ2v) is 5.77. The van der Waals surface area contributed by atoms with Crippen molar-refractivity contribution in [2.75, 3.05) is 13.2 Å². The van der Waals surface area contributed by atoms with Gasteiger partial charge < -0.3 is 15.4 Å². The van der Waals surface area contributed by atoms with Gasteiger partial charge in [-0.25, -0.2) is 0 Å². The van der Waals surface area contributed by atoms with E-state index in [9.17, 15) is 9.59 Å². The summed E-state index contributed by atoms with van der Waals surface area (Å²) in [5.74, 6) is -0.589. The molecule has 1 unspecified atom stereocenters. The number of hydrogen-bond acceptors (Lipinski definition) is 3. The molecule has 1 fully saturated rings. The van der Waals surface area contributed by atoms with Crippen LogP contribution < -0.4 is 5.73 Å². The Bertz CT molecular complexity index is 552. The van der Waals surface area contributed by atoms with Crippen LogP contribution in [0.2, 0.25) is 0 Å². The van der Waals surface area contributed by atoms with E-state index in [2.05, 4.69) is 0 Å². The highest BCUT2D eigenvalue weighted by molar-refractivity contribution is 5.88. The summed E-state index contributed by atoms with van der Waals surface area (Å²) in [6, 6.07) is 7.36. The molecule has 1 aromatic rings. The number of carbonyl (C=O) groups is 2. The summed E-state index contributed by atoms with van der Waals surface area (Å²) in [5.41, 5.74) is 7.72. The summed E-state index contributed by atoms with van der Waals surface area (Å²) >= 11 is 0. The van der Waals surface area contributed by atoms with Crippen LogP contribution in [0.25, 0.3) is 0 Å². The summed E-state index contributed by atoms with van der Waals surface area (Å²) in [7, 11) is 0. The molecular formula is C16H20N2O3. The third-order valence-electron chi connectivity index (χ3n) is 4.37. The number of fused-ring (bicyclic) bond motifs is 1. The fourth-order valence-electron chi connectivity index (χ4n) is 3.18. The van der Waals surface area contributed by atoms with Crippen molar-refractivity contribution in [3.63, 3.8) is 0 Å². The second kappa shape index (κ2) is 5.85. The van der Waals surface area contributed by atoms with Crippen molar-refractivity contribution in [3.05, 3.63) is 35.4 Å². The predicted octanol–water partition coefficient (Wildman–Crippen LogP) is 0.852. The second-order valence-electron chi connectivity index (χ2n) is 5.77. The zero-order chi connectivity index (χ0) is 14.8. The van der Waals surface area contributed by atoms with Gasteiger partial charge in [0.15, 0.2) is 0 Å². The molecule has 2 aliphatic rings. The van der Waals surface area contributed by atoms with E-state index in [-0.39, 0.29) is 11.8 Å². The average Bonchev–Trinajstić information content (AvgIpc) is 2.53. The van der Waals surface area contributed by atoms with Crippen LogP contribution in [0.4, 0.5) is 0 Å². The summed E-state index contributed by atoms with van der Waals surface area (Å²) in [4.78, 5) is 26.1. The third-order valence-corrected chi connectivity index (χ3v) is 4.37. The van der Waals surface area contributed by atoms with Crippen LogP contribution in [-0.4, -0.2) is 36.0 Å². The van der Waals surface area contributed by atoms with Crippen molar-refractivity contribution < 1.29 is 14.3 Å². The summed E-state index contributed by atoms with van der Waals surface area (Å²) in [6.45, 7) is 1.62. The first-order chi connectivity index (χ1) is 10.2. The van der Waals surface area contributed by atoms with E-state index in [1.165, 1.54) is 0 Å². The van der Waals surface area contributed by atoms with Gasteiger partial charge in [-0.2, -0.15) is 0 Å². The minimum absolute atomic E-state index is 0.00648. The number of benzene rings is 1. The molecule has 3 rings (SSSR count). The van der Waals surface area contributed by atoms with Crippen LogP contribution in [0.1, 0.15) is 24.0 Å². The van der Waals surface area contributed by atoms with Crippen molar-refractivity contribution in [1.82, 2.24) is 4.90 Å². The Balaban J connectivity index is 1.85. The first-order valence-electron chi connectivity index (χ1n) is 7.41. The highest BCUT2D eigenvalue weighted by Gasteiger charge is 2.36. The topological polar surface area (TPSA) is 72.6 Å².